The molecule has 2 N–H and O–H groups in total. The van der Waals surface area contributed by atoms with Crippen LogP contribution in [-0.2, 0) is 0 Å². The maximum absolute atomic E-state index is 3.58. The quantitative estimate of drug-likeness (QED) is 0.691. The van der Waals surface area contributed by atoms with Crippen molar-refractivity contribution in [3.05, 3.63) is 0 Å². The van der Waals surface area contributed by atoms with E-state index in [1.54, 1.807) is 0 Å². The molecule has 2 atom stereocenters. The molecule has 14 heavy (non-hydrogen) atoms. The van der Waals surface area contributed by atoms with Crippen LogP contribution in [0.3, 0.4) is 0 Å². The second-order valence-corrected chi connectivity index (χ2v) is 4.75. The summed E-state index contributed by atoms with van der Waals surface area (Å²) in [5, 5.41) is 6.87. The van der Waals surface area contributed by atoms with Crippen molar-refractivity contribution in [1.29, 1.82) is 0 Å². The SMILES string of the molecule is CNC(C)CN1CCNC(C(C)C)C1. The Morgan fingerprint density at radius 1 is 1.43 bits per heavy atom. The molecule has 0 amide bonds. The van der Waals surface area contributed by atoms with Gasteiger partial charge in [0.25, 0.3) is 0 Å². The second-order valence-electron chi connectivity index (χ2n) is 4.75. The summed E-state index contributed by atoms with van der Waals surface area (Å²) in [6, 6.07) is 1.27. The van der Waals surface area contributed by atoms with Gasteiger partial charge in [-0.1, -0.05) is 13.8 Å². The third-order valence-electron chi connectivity index (χ3n) is 3.12. The van der Waals surface area contributed by atoms with Gasteiger partial charge in [-0.25, -0.2) is 0 Å². The second kappa shape index (κ2) is 5.69. The first-order valence-electron chi connectivity index (χ1n) is 5.76. The van der Waals surface area contributed by atoms with Crippen LogP contribution in [0.5, 0.6) is 0 Å². The molecule has 0 saturated carbocycles. The van der Waals surface area contributed by atoms with Gasteiger partial charge in [0.2, 0.25) is 0 Å². The van der Waals surface area contributed by atoms with E-state index in [-0.39, 0.29) is 0 Å². The Kier molecular flexibility index (Phi) is 4.85. The Hall–Kier alpha value is -0.120. The number of nitrogens with one attached hydrogen (secondary N) is 2. The Bertz CT molecular complexity index is 159. The van der Waals surface area contributed by atoms with E-state index in [4.69, 9.17) is 0 Å². The average molecular weight is 199 g/mol. The summed E-state index contributed by atoms with van der Waals surface area (Å²) in [5.41, 5.74) is 0. The number of likely N-dealkylation sites (N-methyl/N-ethyl adjacent to an activating group) is 1. The largest absolute Gasteiger partial charge is 0.316 e. The van der Waals surface area contributed by atoms with Gasteiger partial charge < -0.3 is 10.6 Å². The van der Waals surface area contributed by atoms with E-state index in [0.29, 0.717) is 12.1 Å². The molecule has 3 heteroatoms. The van der Waals surface area contributed by atoms with Crippen molar-refractivity contribution in [1.82, 2.24) is 15.5 Å². The molecular formula is C11H25N3. The highest BCUT2D eigenvalue weighted by atomic mass is 15.2. The van der Waals surface area contributed by atoms with Crippen LogP contribution < -0.4 is 10.6 Å². The zero-order chi connectivity index (χ0) is 10.6. The highest BCUT2D eigenvalue weighted by molar-refractivity contribution is 4.82. The first-order chi connectivity index (χ1) is 6.63. The molecule has 3 nitrogen and oxygen atoms in total. The fourth-order valence-corrected chi connectivity index (χ4v) is 1.93. The van der Waals surface area contributed by atoms with E-state index in [0.717, 1.165) is 12.5 Å². The van der Waals surface area contributed by atoms with Crippen LogP contribution in [0.15, 0.2) is 0 Å². The van der Waals surface area contributed by atoms with Gasteiger partial charge in [-0.2, -0.15) is 0 Å². The summed E-state index contributed by atoms with van der Waals surface area (Å²) in [7, 11) is 2.03. The van der Waals surface area contributed by atoms with Gasteiger partial charge in [0.1, 0.15) is 0 Å². The predicted molar refractivity (Wildman–Crippen MR) is 61.6 cm³/mol. The minimum absolute atomic E-state index is 0.598. The van der Waals surface area contributed by atoms with Crippen molar-refractivity contribution in [2.24, 2.45) is 5.92 Å². The zero-order valence-electron chi connectivity index (χ0n) is 10.0. The highest BCUT2D eigenvalue weighted by Gasteiger charge is 2.22. The molecule has 1 fully saturated rings. The number of hydrogen-bond donors (Lipinski definition) is 2. The summed E-state index contributed by atoms with van der Waals surface area (Å²) in [6.45, 7) is 11.5. The molecule has 84 valence electrons. The maximum atomic E-state index is 3.58. The first kappa shape index (κ1) is 12.0. The highest BCUT2D eigenvalue weighted by Crippen LogP contribution is 2.08. The van der Waals surface area contributed by atoms with Gasteiger partial charge in [0.15, 0.2) is 0 Å². The summed E-state index contributed by atoms with van der Waals surface area (Å²) < 4.78 is 0. The van der Waals surface area contributed by atoms with E-state index < -0.39 is 0 Å². The van der Waals surface area contributed by atoms with E-state index in [1.165, 1.54) is 19.6 Å². The van der Waals surface area contributed by atoms with Gasteiger partial charge >= 0.3 is 0 Å². The molecule has 0 bridgehead atoms. The normalized spacial score (nSPS) is 26.8. The molecule has 0 aromatic rings. The number of hydrogen-bond acceptors (Lipinski definition) is 3. The summed E-state index contributed by atoms with van der Waals surface area (Å²) in [4.78, 5) is 2.56. The summed E-state index contributed by atoms with van der Waals surface area (Å²) >= 11 is 0. The lowest BCUT2D eigenvalue weighted by Gasteiger charge is -2.36. The van der Waals surface area contributed by atoms with Crippen molar-refractivity contribution in [2.45, 2.75) is 32.9 Å². The molecule has 0 aliphatic carbocycles. The standard InChI is InChI=1S/C11H25N3/c1-9(2)11-8-14(6-5-13-11)7-10(3)12-4/h9-13H,5-8H2,1-4H3. The molecule has 0 radical (unpaired) electrons. The number of rotatable bonds is 4. The monoisotopic (exact) mass is 199 g/mol. The van der Waals surface area contributed by atoms with E-state index in [2.05, 4.69) is 36.3 Å². The average Bonchev–Trinajstić information content (AvgIpc) is 2.18. The molecule has 1 aliphatic rings. The lowest BCUT2D eigenvalue weighted by atomic mass is 10.0. The smallest absolute Gasteiger partial charge is 0.0218 e. The lowest BCUT2D eigenvalue weighted by molar-refractivity contribution is 0.164. The van der Waals surface area contributed by atoms with E-state index >= 15 is 0 Å². The van der Waals surface area contributed by atoms with Crippen molar-refractivity contribution in [2.75, 3.05) is 33.2 Å². The molecule has 1 heterocycles. The van der Waals surface area contributed by atoms with Crippen LogP contribution in [0.25, 0.3) is 0 Å². The maximum Gasteiger partial charge on any atom is 0.0218 e. The lowest BCUT2D eigenvalue weighted by Crippen LogP contribution is -2.54. The van der Waals surface area contributed by atoms with Crippen molar-refractivity contribution < 1.29 is 0 Å². The zero-order valence-corrected chi connectivity index (χ0v) is 10.0. The van der Waals surface area contributed by atoms with Gasteiger partial charge in [-0.3, -0.25) is 4.90 Å². The van der Waals surface area contributed by atoms with Gasteiger partial charge in [-0.05, 0) is 19.9 Å². The fourth-order valence-electron chi connectivity index (χ4n) is 1.93. The third kappa shape index (κ3) is 3.56. The topological polar surface area (TPSA) is 27.3 Å². The molecule has 0 spiro atoms. The molecule has 2 unspecified atom stereocenters. The number of piperazine rings is 1. The Morgan fingerprint density at radius 2 is 2.14 bits per heavy atom. The summed E-state index contributed by atoms with van der Waals surface area (Å²) in [5.74, 6) is 0.739. The minimum Gasteiger partial charge on any atom is -0.316 e. The van der Waals surface area contributed by atoms with Crippen LogP contribution in [0.4, 0.5) is 0 Å². The van der Waals surface area contributed by atoms with Gasteiger partial charge in [-0.15, -0.1) is 0 Å². The predicted octanol–water partition coefficient (Wildman–Crippen LogP) is 0.524. The molecule has 1 saturated heterocycles. The van der Waals surface area contributed by atoms with E-state index in [1.807, 2.05) is 7.05 Å². The van der Waals surface area contributed by atoms with Gasteiger partial charge in [0, 0.05) is 38.3 Å². The fraction of sp³-hybridized carbons (Fsp3) is 1.00. The molecule has 0 aromatic heterocycles. The van der Waals surface area contributed by atoms with Gasteiger partial charge in [0.05, 0.1) is 0 Å². The van der Waals surface area contributed by atoms with Crippen LogP contribution in [0, 0.1) is 5.92 Å². The first-order valence-corrected chi connectivity index (χ1v) is 5.76. The Balaban J connectivity index is 2.32. The Morgan fingerprint density at radius 3 is 2.71 bits per heavy atom. The Labute approximate surface area is 88.2 Å². The molecular weight excluding hydrogens is 174 g/mol. The van der Waals surface area contributed by atoms with Crippen LogP contribution >= 0.6 is 0 Å². The van der Waals surface area contributed by atoms with Crippen molar-refractivity contribution in [3.8, 4) is 0 Å². The van der Waals surface area contributed by atoms with Crippen molar-refractivity contribution in [3.63, 3.8) is 0 Å². The van der Waals surface area contributed by atoms with Crippen LogP contribution in [0.2, 0.25) is 0 Å². The molecule has 1 aliphatic heterocycles. The summed E-state index contributed by atoms with van der Waals surface area (Å²) in [6.07, 6.45) is 0. The molecule has 0 aromatic carbocycles. The van der Waals surface area contributed by atoms with Crippen LogP contribution in [0.1, 0.15) is 20.8 Å². The molecule has 1 rings (SSSR count). The van der Waals surface area contributed by atoms with E-state index in [9.17, 15) is 0 Å². The van der Waals surface area contributed by atoms with Crippen LogP contribution in [-0.4, -0.2) is 50.2 Å². The number of nitrogens with zero attached hydrogens (tertiary/aromatic N) is 1. The minimum atomic E-state index is 0.598. The third-order valence-corrected chi connectivity index (χ3v) is 3.12. The van der Waals surface area contributed by atoms with Crippen molar-refractivity contribution >= 4 is 0 Å².